The van der Waals surface area contributed by atoms with Crippen molar-refractivity contribution in [2.24, 2.45) is 0 Å². The second-order valence-electron chi connectivity index (χ2n) is 8.95. The third-order valence-corrected chi connectivity index (χ3v) is 7.01. The SMILES string of the molecule is CC(C)c1ccc(N(CC(=O)NCc2cccc(CN3CCCCC3)c2)S(C)(=O)=O)cc1. The number of sulfonamides is 1. The molecule has 3 rings (SSSR count). The van der Waals surface area contributed by atoms with Gasteiger partial charge in [0.15, 0.2) is 0 Å². The number of hydrogen-bond acceptors (Lipinski definition) is 4. The predicted octanol–water partition coefficient (Wildman–Crippen LogP) is 3.88. The summed E-state index contributed by atoms with van der Waals surface area (Å²) in [6.07, 6.45) is 4.95. The highest BCUT2D eigenvalue weighted by Crippen LogP contribution is 2.22. The molecule has 1 amide bonds. The lowest BCUT2D eigenvalue weighted by atomic mass is 10.0. The van der Waals surface area contributed by atoms with Crippen molar-refractivity contribution < 1.29 is 13.2 Å². The number of rotatable bonds is 9. The average molecular weight is 458 g/mol. The second kappa shape index (κ2) is 11.0. The molecule has 1 saturated heterocycles. The predicted molar refractivity (Wildman–Crippen MR) is 130 cm³/mol. The van der Waals surface area contributed by atoms with Crippen LogP contribution in [0.1, 0.15) is 55.7 Å². The molecule has 0 aliphatic carbocycles. The number of benzene rings is 2. The molecule has 1 aliphatic rings. The summed E-state index contributed by atoms with van der Waals surface area (Å²) in [4.78, 5) is 15.1. The number of carbonyl (C=O) groups excluding carboxylic acids is 1. The molecule has 1 aliphatic heterocycles. The highest BCUT2D eigenvalue weighted by atomic mass is 32.2. The summed E-state index contributed by atoms with van der Waals surface area (Å²) in [5, 5.41) is 2.87. The Bertz CT molecular complexity index is 997. The van der Waals surface area contributed by atoms with Crippen molar-refractivity contribution in [3.63, 3.8) is 0 Å². The van der Waals surface area contributed by atoms with E-state index in [1.165, 1.54) is 24.8 Å². The number of nitrogens with one attached hydrogen (secondary N) is 1. The van der Waals surface area contributed by atoms with Crippen molar-refractivity contribution in [3.8, 4) is 0 Å². The Morgan fingerprint density at radius 2 is 1.69 bits per heavy atom. The highest BCUT2D eigenvalue weighted by Gasteiger charge is 2.21. The van der Waals surface area contributed by atoms with E-state index in [2.05, 4.69) is 36.2 Å². The van der Waals surface area contributed by atoms with Crippen LogP contribution >= 0.6 is 0 Å². The van der Waals surface area contributed by atoms with Crippen molar-refractivity contribution >= 4 is 21.6 Å². The quantitative estimate of drug-likeness (QED) is 0.620. The summed E-state index contributed by atoms with van der Waals surface area (Å²) in [6.45, 7) is 7.50. The molecular weight excluding hydrogens is 422 g/mol. The maximum atomic E-state index is 12.6. The van der Waals surface area contributed by atoms with E-state index in [-0.39, 0.29) is 12.5 Å². The van der Waals surface area contributed by atoms with E-state index in [0.717, 1.165) is 41.3 Å². The van der Waals surface area contributed by atoms with Gasteiger partial charge in [-0.3, -0.25) is 14.0 Å². The van der Waals surface area contributed by atoms with Gasteiger partial charge in [-0.25, -0.2) is 8.42 Å². The Balaban J connectivity index is 1.60. The number of carbonyl (C=O) groups is 1. The highest BCUT2D eigenvalue weighted by molar-refractivity contribution is 7.92. The van der Waals surface area contributed by atoms with Crippen molar-refractivity contribution in [1.82, 2.24) is 10.2 Å². The van der Waals surface area contributed by atoms with Crippen LogP contribution in [-0.4, -0.2) is 45.1 Å². The van der Waals surface area contributed by atoms with E-state index in [4.69, 9.17) is 0 Å². The van der Waals surface area contributed by atoms with Gasteiger partial charge in [0.2, 0.25) is 15.9 Å². The normalized spacial score (nSPS) is 15.0. The molecule has 0 radical (unpaired) electrons. The molecule has 0 spiro atoms. The summed E-state index contributed by atoms with van der Waals surface area (Å²) in [6, 6.07) is 15.6. The Labute approximate surface area is 192 Å². The minimum absolute atomic E-state index is 0.243. The number of nitrogens with zero attached hydrogens (tertiary/aromatic N) is 2. The van der Waals surface area contributed by atoms with Gasteiger partial charge in [-0.05, 0) is 60.7 Å². The second-order valence-corrected chi connectivity index (χ2v) is 10.9. The smallest absolute Gasteiger partial charge is 0.241 e. The van der Waals surface area contributed by atoms with E-state index in [0.29, 0.717) is 18.2 Å². The molecule has 0 aromatic heterocycles. The van der Waals surface area contributed by atoms with Gasteiger partial charge in [-0.2, -0.15) is 0 Å². The first kappa shape index (κ1) is 24.3. The topological polar surface area (TPSA) is 69.7 Å². The Kier molecular flexibility index (Phi) is 8.32. The molecule has 7 heteroatoms. The van der Waals surface area contributed by atoms with Gasteiger partial charge < -0.3 is 5.32 Å². The van der Waals surface area contributed by atoms with Crippen molar-refractivity contribution in [2.45, 2.75) is 52.1 Å². The van der Waals surface area contributed by atoms with Gasteiger partial charge in [-0.1, -0.05) is 56.7 Å². The first-order chi connectivity index (χ1) is 15.2. The van der Waals surface area contributed by atoms with E-state index < -0.39 is 10.0 Å². The van der Waals surface area contributed by atoms with Crippen LogP contribution in [0.15, 0.2) is 48.5 Å². The summed E-state index contributed by atoms with van der Waals surface area (Å²) in [5.41, 5.74) is 3.87. The van der Waals surface area contributed by atoms with Gasteiger partial charge in [0, 0.05) is 13.1 Å². The first-order valence-corrected chi connectivity index (χ1v) is 13.2. The van der Waals surface area contributed by atoms with E-state index in [1.807, 2.05) is 24.3 Å². The molecule has 6 nitrogen and oxygen atoms in total. The first-order valence-electron chi connectivity index (χ1n) is 11.4. The number of likely N-dealkylation sites (tertiary alicyclic amines) is 1. The lowest BCUT2D eigenvalue weighted by molar-refractivity contribution is -0.119. The van der Waals surface area contributed by atoms with Crippen LogP contribution in [0, 0.1) is 0 Å². The molecule has 0 atom stereocenters. The summed E-state index contributed by atoms with van der Waals surface area (Å²) in [5.74, 6) is 0.0227. The summed E-state index contributed by atoms with van der Waals surface area (Å²) >= 11 is 0. The standard InChI is InChI=1S/C25H35N3O3S/c1-20(2)23-10-12-24(13-11-23)28(32(3,30)31)19-25(29)26-17-21-8-7-9-22(16-21)18-27-14-5-4-6-15-27/h7-13,16,20H,4-6,14-15,17-19H2,1-3H3,(H,26,29). The lowest BCUT2D eigenvalue weighted by Gasteiger charge is -2.26. The maximum absolute atomic E-state index is 12.6. The van der Waals surface area contributed by atoms with Crippen molar-refractivity contribution in [1.29, 1.82) is 0 Å². The molecule has 1 N–H and O–H groups in total. The third kappa shape index (κ3) is 7.07. The van der Waals surface area contributed by atoms with Gasteiger partial charge in [0.05, 0.1) is 11.9 Å². The average Bonchev–Trinajstić information content (AvgIpc) is 2.76. The summed E-state index contributed by atoms with van der Waals surface area (Å²) in [7, 11) is -3.59. The Morgan fingerprint density at radius 1 is 1.03 bits per heavy atom. The van der Waals surface area contributed by atoms with Crippen molar-refractivity contribution in [2.75, 3.05) is 30.2 Å². The Hall–Kier alpha value is -2.38. The molecule has 0 unspecified atom stereocenters. The van der Waals surface area contributed by atoms with Gasteiger partial charge in [0.1, 0.15) is 6.54 Å². The van der Waals surface area contributed by atoms with Crippen LogP contribution in [0.4, 0.5) is 5.69 Å². The zero-order valence-corrected chi connectivity index (χ0v) is 20.2. The third-order valence-electron chi connectivity index (χ3n) is 5.87. The van der Waals surface area contributed by atoms with E-state index in [9.17, 15) is 13.2 Å². The fourth-order valence-electron chi connectivity index (χ4n) is 4.03. The van der Waals surface area contributed by atoms with Crippen LogP contribution in [0.2, 0.25) is 0 Å². The lowest BCUT2D eigenvalue weighted by Crippen LogP contribution is -2.40. The fraction of sp³-hybridized carbons (Fsp3) is 0.480. The minimum Gasteiger partial charge on any atom is -0.350 e. The maximum Gasteiger partial charge on any atom is 0.241 e. The van der Waals surface area contributed by atoms with Gasteiger partial charge >= 0.3 is 0 Å². The fourth-order valence-corrected chi connectivity index (χ4v) is 4.88. The largest absolute Gasteiger partial charge is 0.350 e. The monoisotopic (exact) mass is 457 g/mol. The zero-order valence-electron chi connectivity index (χ0n) is 19.4. The van der Waals surface area contributed by atoms with E-state index in [1.54, 1.807) is 12.1 Å². The minimum atomic E-state index is -3.59. The zero-order chi connectivity index (χ0) is 23.1. The van der Waals surface area contributed by atoms with E-state index >= 15 is 0 Å². The van der Waals surface area contributed by atoms with Crippen LogP contribution in [0.3, 0.4) is 0 Å². The number of piperidine rings is 1. The molecule has 2 aromatic carbocycles. The summed E-state index contributed by atoms with van der Waals surface area (Å²) < 4.78 is 25.8. The molecule has 32 heavy (non-hydrogen) atoms. The Morgan fingerprint density at radius 3 is 2.31 bits per heavy atom. The molecular formula is C25H35N3O3S. The van der Waals surface area contributed by atoms with Crippen LogP contribution in [0.25, 0.3) is 0 Å². The molecule has 0 bridgehead atoms. The molecule has 2 aromatic rings. The number of amides is 1. The molecule has 174 valence electrons. The number of anilines is 1. The molecule has 0 saturated carbocycles. The van der Waals surface area contributed by atoms with Gasteiger partial charge in [0.25, 0.3) is 0 Å². The van der Waals surface area contributed by atoms with Crippen LogP contribution in [0.5, 0.6) is 0 Å². The van der Waals surface area contributed by atoms with Crippen LogP contribution < -0.4 is 9.62 Å². The molecule has 1 heterocycles. The van der Waals surface area contributed by atoms with Crippen LogP contribution in [-0.2, 0) is 27.9 Å². The van der Waals surface area contributed by atoms with Crippen molar-refractivity contribution in [3.05, 3.63) is 65.2 Å². The van der Waals surface area contributed by atoms with Gasteiger partial charge in [-0.15, -0.1) is 0 Å². The molecule has 1 fully saturated rings. The number of hydrogen-bond donors (Lipinski definition) is 1.